The van der Waals surface area contributed by atoms with Gasteiger partial charge in [0.25, 0.3) is 5.91 Å². The predicted octanol–water partition coefficient (Wildman–Crippen LogP) is 2.65. The molecule has 2 aromatic rings. The smallest absolute Gasteiger partial charge is 0.251 e. The zero-order valence-corrected chi connectivity index (χ0v) is 17.8. The maximum atomic E-state index is 12.6. The van der Waals surface area contributed by atoms with Crippen molar-refractivity contribution in [2.45, 2.75) is 16.3 Å². The van der Waals surface area contributed by atoms with Crippen molar-refractivity contribution in [2.75, 3.05) is 39.3 Å². The van der Waals surface area contributed by atoms with Gasteiger partial charge in [-0.2, -0.15) is 0 Å². The van der Waals surface area contributed by atoms with Crippen molar-refractivity contribution in [1.82, 2.24) is 9.62 Å². The van der Waals surface area contributed by atoms with E-state index in [1.807, 2.05) is 30.5 Å². The number of sulfonamides is 1. The molecule has 0 spiro atoms. The van der Waals surface area contributed by atoms with E-state index in [1.54, 1.807) is 42.9 Å². The second-order valence-electron chi connectivity index (χ2n) is 6.40. The van der Waals surface area contributed by atoms with E-state index in [4.69, 9.17) is 0 Å². The molecule has 0 aliphatic rings. The highest BCUT2D eigenvalue weighted by molar-refractivity contribution is 7.98. The summed E-state index contributed by atoms with van der Waals surface area (Å²) in [6.45, 7) is 0.374. The fourth-order valence-corrected chi connectivity index (χ4v) is 4.05. The highest BCUT2D eigenvalue weighted by atomic mass is 32.2. The number of thioether (sulfide) groups is 1. The summed E-state index contributed by atoms with van der Waals surface area (Å²) in [6, 6.07) is 12.6. The van der Waals surface area contributed by atoms with Crippen LogP contribution in [0.15, 0.2) is 52.3 Å². The summed E-state index contributed by atoms with van der Waals surface area (Å²) in [5, 5.41) is 2.84. The molecule has 0 bridgehead atoms. The Kier molecular flexibility index (Phi) is 6.91. The Balaban J connectivity index is 2.25. The zero-order valence-electron chi connectivity index (χ0n) is 16.2. The van der Waals surface area contributed by atoms with Crippen LogP contribution < -0.4 is 10.2 Å². The molecule has 27 heavy (non-hydrogen) atoms. The molecule has 0 heterocycles. The first-order chi connectivity index (χ1) is 12.7. The second kappa shape index (κ2) is 8.77. The van der Waals surface area contributed by atoms with E-state index < -0.39 is 10.0 Å². The normalized spacial score (nSPS) is 11.5. The molecule has 146 valence electrons. The molecule has 0 fully saturated rings. The summed E-state index contributed by atoms with van der Waals surface area (Å²) in [5.41, 5.74) is 1.82. The van der Waals surface area contributed by atoms with E-state index in [0.29, 0.717) is 17.8 Å². The Morgan fingerprint density at radius 1 is 1.04 bits per heavy atom. The van der Waals surface area contributed by atoms with Gasteiger partial charge in [-0.05, 0) is 42.2 Å². The van der Waals surface area contributed by atoms with Crippen LogP contribution in [0.2, 0.25) is 0 Å². The van der Waals surface area contributed by atoms with Crippen molar-refractivity contribution in [3.8, 4) is 0 Å². The topological polar surface area (TPSA) is 69.7 Å². The standard InChI is InChI=1S/C19H25N3O3S2/c1-21(2)17-11-8-15(12-18(17)27(24,25)22(3)4)19(23)20-13-14-6-9-16(26-5)10-7-14/h6-12H,13H2,1-5H3,(H,20,23). The van der Waals surface area contributed by atoms with Gasteiger partial charge in [-0.1, -0.05) is 12.1 Å². The number of rotatable bonds is 7. The fraction of sp³-hybridized carbons (Fsp3) is 0.316. The van der Waals surface area contributed by atoms with Gasteiger partial charge in [-0.3, -0.25) is 4.79 Å². The van der Waals surface area contributed by atoms with E-state index in [1.165, 1.54) is 20.2 Å². The number of anilines is 1. The first kappa shape index (κ1) is 21.3. The molecule has 0 saturated heterocycles. The molecule has 2 rings (SSSR count). The minimum atomic E-state index is -3.67. The molecule has 0 aliphatic carbocycles. The lowest BCUT2D eigenvalue weighted by Crippen LogP contribution is -2.27. The highest BCUT2D eigenvalue weighted by Crippen LogP contribution is 2.27. The third-order valence-electron chi connectivity index (χ3n) is 4.07. The molecule has 1 N–H and O–H groups in total. The van der Waals surface area contributed by atoms with Crippen molar-refractivity contribution < 1.29 is 13.2 Å². The van der Waals surface area contributed by atoms with Crippen LogP contribution in [0, 0.1) is 0 Å². The molecular weight excluding hydrogens is 382 g/mol. The summed E-state index contributed by atoms with van der Waals surface area (Å²) in [7, 11) is 2.80. The number of hydrogen-bond donors (Lipinski definition) is 1. The van der Waals surface area contributed by atoms with Gasteiger partial charge < -0.3 is 10.2 Å². The van der Waals surface area contributed by atoms with Gasteiger partial charge >= 0.3 is 0 Å². The lowest BCUT2D eigenvalue weighted by molar-refractivity contribution is 0.0950. The Morgan fingerprint density at radius 3 is 2.19 bits per heavy atom. The number of benzene rings is 2. The van der Waals surface area contributed by atoms with Crippen LogP contribution in [0.25, 0.3) is 0 Å². The van der Waals surface area contributed by atoms with Crippen LogP contribution in [-0.4, -0.2) is 53.1 Å². The molecular formula is C19H25N3O3S2. The molecule has 0 aromatic heterocycles. The van der Waals surface area contributed by atoms with Gasteiger partial charge in [0.1, 0.15) is 4.90 Å². The Labute approximate surface area is 165 Å². The van der Waals surface area contributed by atoms with Gasteiger partial charge in [0.05, 0.1) is 5.69 Å². The molecule has 0 radical (unpaired) electrons. The highest BCUT2D eigenvalue weighted by Gasteiger charge is 2.24. The van der Waals surface area contributed by atoms with E-state index in [9.17, 15) is 13.2 Å². The second-order valence-corrected chi connectivity index (χ2v) is 9.40. The fourth-order valence-electron chi connectivity index (χ4n) is 2.46. The average molecular weight is 408 g/mol. The first-order valence-corrected chi connectivity index (χ1v) is 11.0. The first-order valence-electron chi connectivity index (χ1n) is 8.32. The monoisotopic (exact) mass is 407 g/mol. The van der Waals surface area contributed by atoms with Gasteiger partial charge in [-0.15, -0.1) is 11.8 Å². The van der Waals surface area contributed by atoms with E-state index in [0.717, 1.165) is 14.8 Å². The van der Waals surface area contributed by atoms with Crippen molar-refractivity contribution in [3.05, 3.63) is 53.6 Å². The van der Waals surface area contributed by atoms with Crippen LogP contribution in [0.3, 0.4) is 0 Å². The summed E-state index contributed by atoms with van der Waals surface area (Å²) < 4.78 is 26.4. The van der Waals surface area contributed by atoms with E-state index in [2.05, 4.69) is 5.32 Å². The molecule has 0 unspecified atom stereocenters. The maximum Gasteiger partial charge on any atom is 0.251 e. The van der Waals surface area contributed by atoms with Crippen LogP contribution in [-0.2, 0) is 16.6 Å². The summed E-state index contributed by atoms with van der Waals surface area (Å²) >= 11 is 1.66. The minimum Gasteiger partial charge on any atom is -0.377 e. The van der Waals surface area contributed by atoms with Crippen LogP contribution in [0.5, 0.6) is 0 Å². The number of nitrogens with zero attached hydrogens (tertiary/aromatic N) is 2. The Bertz CT molecular complexity index is 908. The predicted molar refractivity (Wildman–Crippen MR) is 111 cm³/mol. The van der Waals surface area contributed by atoms with Gasteiger partial charge in [-0.25, -0.2) is 12.7 Å². The van der Waals surface area contributed by atoms with Crippen molar-refractivity contribution >= 4 is 33.4 Å². The third-order valence-corrected chi connectivity index (χ3v) is 6.66. The number of carbonyl (C=O) groups excluding carboxylic acids is 1. The molecule has 6 nitrogen and oxygen atoms in total. The minimum absolute atomic E-state index is 0.106. The average Bonchev–Trinajstić information content (AvgIpc) is 2.65. The van der Waals surface area contributed by atoms with Crippen LogP contribution in [0.1, 0.15) is 15.9 Å². The number of nitrogens with one attached hydrogen (secondary N) is 1. The van der Waals surface area contributed by atoms with Gasteiger partial charge in [0.15, 0.2) is 0 Å². The van der Waals surface area contributed by atoms with Crippen molar-refractivity contribution in [3.63, 3.8) is 0 Å². The SMILES string of the molecule is CSc1ccc(CNC(=O)c2ccc(N(C)C)c(S(=O)(=O)N(C)C)c2)cc1. The summed E-state index contributed by atoms with van der Waals surface area (Å²) in [6.07, 6.45) is 2.01. The molecule has 0 aliphatic heterocycles. The number of carbonyl (C=O) groups is 1. The van der Waals surface area contributed by atoms with E-state index in [-0.39, 0.29) is 10.8 Å². The summed E-state index contributed by atoms with van der Waals surface area (Å²) in [4.78, 5) is 15.5. The van der Waals surface area contributed by atoms with Gasteiger partial charge in [0.2, 0.25) is 10.0 Å². The van der Waals surface area contributed by atoms with Crippen molar-refractivity contribution in [1.29, 1.82) is 0 Å². The summed E-state index contributed by atoms with van der Waals surface area (Å²) in [5.74, 6) is -0.315. The molecule has 0 saturated carbocycles. The third kappa shape index (κ3) is 5.03. The van der Waals surface area contributed by atoms with E-state index >= 15 is 0 Å². The van der Waals surface area contributed by atoms with Crippen LogP contribution >= 0.6 is 11.8 Å². The lowest BCUT2D eigenvalue weighted by atomic mass is 10.1. The molecule has 1 amide bonds. The molecule has 2 aromatic carbocycles. The van der Waals surface area contributed by atoms with Gasteiger partial charge in [0, 0.05) is 45.2 Å². The van der Waals surface area contributed by atoms with Crippen LogP contribution in [0.4, 0.5) is 5.69 Å². The molecule has 0 atom stereocenters. The quantitative estimate of drug-likeness (QED) is 0.715. The Morgan fingerprint density at radius 2 is 1.67 bits per heavy atom. The number of amides is 1. The molecule has 8 heteroatoms. The largest absolute Gasteiger partial charge is 0.377 e. The lowest BCUT2D eigenvalue weighted by Gasteiger charge is -2.20. The Hall–Kier alpha value is -2.03. The van der Waals surface area contributed by atoms with Crippen molar-refractivity contribution in [2.24, 2.45) is 0 Å². The zero-order chi connectivity index (χ0) is 20.2. The number of hydrogen-bond acceptors (Lipinski definition) is 5. The maximum absolute atomic E-state index is 12.6.